The van der Waals surface area contributed by atoms with Gasteiger partial charge in [0.1, 0.15) is 23.5 Å². The number of thioether (sulfide) groups is 1. The molecule has 0 aliphatic carbocycles. The second kappa shape index (κ2) is 11.4. The van der Waals surface area contributed by atoms with E-state index >= 15 is 0 Å². The molecule has 0 saturated carbocycles. The average molecular weight is 534 g/mol. The maximum atomic E-state index is 13.3. The van der Waals surface area contributed by atoms with Crippen LogP contribution in [0, 0.1) is 5.82 Å². The highest BCUT2D eigenvalue weighted by Crippen LogP contribution is 2.34. The van der Waals surface area contributed by atoms with Gasteiger partial charge in [0, 0.05) is 18.5 Å². The number of nitrogens with one attached hydrogen (secondary N) is 2. The third kappa shape index (κ3) is 5.83. The van der Waals surface area contributed by atoms with Crippen LogP contribution in [0.5, 0.6) is 0 Å². The van der Waals surface area contributed by atoms with Crippen molar-refractivity contribution in [1.29, 1.82) is 0 Å². The molecule has 2 N–H and O–H groups in total. The first-order chi connectivity index (χ1) is 18.5. The Morgan fingerprint density at radius 2 is 1.79 bits per heavy atom. The Morgan fingerprint density at radius 1 is 1.00 bits per heavy atom. The lowest BCUT2D eigenvalue weighted by atomic mass is 10.1. The lowest BCUT2D eigenvalue weighted by molar-refractivity contribution is -0.125. The normalized spacial score (nSPS) is 15.9. The summed E-state index contributed by atoms with van der Waals surface area (Å²) >= 11 is 1.15. The maximum Gasteiger partial charge on any atom is 0.259 e. The Labute approximate surface area is 222 Å². The van der Waals surface area contributed by atoms with E-state index in [9.17, 15) is 18.8 Å². The topological polar surface area (TPSA) is 116 Å². The van der Waals surface area contributed by atoms with Crippen LogP contribution >= 0.6 is 11.8 Å². The molecule has 38 heavy (non-hydrogen) atoms. The van der Waals surface area contributed by atoms with Crippen molar-refractivity contribution in [2.45, 2.75) is 32.0 Å². The molecule has 0 unspecified atom stereocenters. The van der Waals surface area contributed by atoms with E-state index in [2.05, 4.69) is 20.6 Å². The van der Waals surface area contributed by atoms with E-state index in [1.165, 1.54) is 23.3 Å². The minimum absolute atomic E-state index is 0.0508. The molecule has 1 atom stereocenters. The van der Waals surface area contributed by atoms with Crippen molar-refractivity contribution >= 4 is 46.2 Å². The van der Waals surface area contributed by atoms with Crippen LogP contribution < -0.4 is 10.6 Å². The molecular weight excluding hydrogens is 509 g/mol. The van der Waals surface area contributed by atoms with Crippen molar-refractivity contribution in [3.63, 3.8) is 0 Å². The number of nitrogens with zero attached hydrogens (tertiary/aromatic N) is 3. The summed E-state index contributed by atoms with van der Waals surface area (Å²) in [6.45, 7) is 0.531. The van der Waals surface area contributed by atoms with Crippen LogP contribution in [0.15, 0.2) is 81.3 Å². The Morgan fingerprint density at radius 3 is 2.58 bits per heavy atom. The molecule has 0 fully saturated rings. The van der Waals surface area contributed by atoms with Gasteiger partial charge in [0.25, 0.3) is 5.91 Å². The number of halogens is 1. The van der Waals surface area contributed by atoms with Crippen LogP contribution in [0.3, 0.4) is 0 Å². The van der Waals surface area contributed by atoms with E-state index < -0.39 is 6.04 Å². The predicted molar refractivity (Wildman–Crippen MR) is 141 cm³/mol. The van der Waals surface area contributed by atoms with E-state index in [1.54, 1.807) is 24.3 Å². The Balaban J connectivity index is 1.21. The molecule has 1 aromatic heterocycles. The van der Waals surface area contributed by atoms with E-state index in [1.807, 2.05) is 24.3 Å². The number of carbonyl (C=O) groups excluding carboxylic acids is 3. The van der Waals surface area contributed by atoms with Crippen molar-refractivity contribution in [3.05, 3.63) is 89.6 Å². The third-order valence-corrected chi connectivity index (χ3v) is 6.91. The molecule has 3 heterocycles. The Hall–Kier alpha value is -4.25. The van der Waals surface area contributed by atoms with Crippen molar-refractivity contribution in [1.82, 2.24) is 15.5 Å². The Kier molecular flexibility index (Phi) is 7.64. The fourth-order valence-electron chi connectivity index (χ4n) is 4.03. The number of amides is 3. The molecule has 11 heteroatoms. The highest BCUT2D eigenvalue weighted by molar-refractivity contribution is 8.14. The first kappa shape index (κ1) is 25.4. The largest absolute Gasteiger partial charge is 0.467 e. The average Bonchev–Trinajstić information content (AvgIpc) is 3.57. The van der Waals surface area contributed by atoms with Crippen LogP contribution in [0.2, 0.25) is 0 Å². The first-order valence-corrected chi connectivity index (χ1v) is 13.0. The monoisotopic (exact) mass is 533 g/mol. The second-order valence-electron chi connectivity index (χ2n) is 8.64. The van der Waals surface area contributed by atoms with E-state index in [0.29, 0.717) is 22.5 Å². The summed E-state index contributed by atoms with van der Waals surface area (Å²) in [4.78, 5) is 48.9. The fraction of sp³-hybridized carbons (Fsp3) is 0.222. The lowest BCUT2D eigenvalue weighted by Crippen LogP contribution is -2.41. The van der Waals surface area contributed by atoms with Gasteiger partial charge >= 0.3 is 0 Å². The van der Waals surface area contributed by atoms with Crippen molar-refractivity contribution in [2.24, 2.45) is 9.98 Å². The number of hydrogen-bond donors (Lipinski definition) is 2. The molecule has 2 aliphatic rings. The fourth-order valence-corrected chi connectivity index (χ4v) is 4.86. The van der Waals surface area contributed by atoms with Gasteiger partial charge in [0.05, 0.1) is 24.2 Å². The number of rotatable bonds is 9. The minimum atomic E-state index is -0.744. The SMILES string of the molecule is O=C(CC[C@H]1N=C2c3ccccc3N=C(SCC(=O)NCc3ccco3)N2C1=O)NCc1ccc(F)cc1. The minimum Gasteiger partial charge on any atom is -0.467 e. The molecule has 0 radical (unpaired) electrons. The van der Waals surface area contributed by atoms with Crippen LogP contribution in [0.4, 0.5) is 10.1 Å². The summed E-state index contributed by atoms with van der Waals surface area (Å²) < 4.78 is 18.3. The van der Waals surface area contributed by atoms with E-state index in [4.69, 9.17) is 4.42 Å². The van der Waals surface area contributed by atoms with Crippen LogP contribution in [0.1, 0.15) is 29.7 Å². The van der Waals surface area contributed by atoms with Crippen LogP contribution in [0.25, 0.3) is 0 Å². The molecule has 0 saturated heterocycles. The van der Waals surface area contributed by atoms with Gasteiger partial charge in [0.2, 0.25) is 11.8 Å². The molecular formula is C27H24FN5O4S. The standard InChI is InChI=1S/C27H24FN5O4S/c28-18-9-7-17(8-10-18)14-29-23(34)12-11-22-26(36)33-25(31-22)20-5-1-2-6-21(20)32-27(33)38-16-24(35)30-15-19-4-3-13-37-19/h1-10,13,22H,11-12,14-16H2,(H,29,34)(H,30,35)/t22-/m1/s1. The zero-order valence-corrected chi connectivity index (χ0v) is 21.0. The molecule has 5 rings (SSSR count). The smallest absolute Gasteiger partial charge is 0.259 e. The van der Waals surface area contributed by atoms with Crippen molar-refractivity contribution in [3.8, 4) is 0 Å². The molecule has 0 spiro atoms. The predicted octanol–water partition coefficient (Wildman–Crippen LogP) is 3.52. The third-order valence-electron chi connectivity index (χ3n) is 5.97. The van der Waals surface area contributed by atoms with Crippen LogP contribution in [-0.4, -0.2) is 45.4 Å². The van der Waals surface area contributed by atoms with Crippen molar-refractivity contribution in [2.75, 3.05) is 5.75 Å². The molecule has 3 aromatic rings. The quantitative estimate of drug-likeness (QED) is 0.437. The lowest BCUT2D eigenvalue weighted by Gasteiger charge is -2.25. The molecule has 194 valence electrons. The summed E-state index contributed by atoms with van der Waals surface area (Å²) in [5, 5.41) is 5.93. The molecule has 9 nitrogen and oxygen atoms in total. The zero-order valence-electron chi connectivity index (χ0n) is 20.2. The molecule has 2 aromatic carbocycles. The van der Waals surface area contributed by atoms with Crippen molar-refractivity contribution < 1.29 is 23.2 Å². The van der Waals surface area contributed by atoms with Gasteiger partial charge in [-0.1, -0.05) is 36.0 Å². The summed E-state index contributed by atoms with van der Waals surface area (Å²) in [5.41, 5.74) is 2.15. The number of para-hydroxylation sites is 1. The maximum absolute atomic E-state index is 13.3. The zero-order chi connectivity index (χ0) is 26.5. The molecule has 3 amide bonds. The van der Waals surface area contributed by atoms with Gasteiger partial charge in [-0.2, -0.15) is 0 Å². The summed E-state index contributed by atoms with van der Waals surface area (Å²) in [7, 11) is 0. The number of amidine groups is 2. The number of hydrogen-bond acceptors (Lipinski definition) is 7. The van der Waals surface area contributed by atoms with Gasteiger partial charge in [-0.3, -0.25) is 19.4 Å². The first-order valence-electron chi connectivity index (χ1n) is 12.0. The Bertz CT molecular complexity index is 1410. The highest BCUT2D eigenvalue weighted by Gasteiger charge is 2.41. The number of aliphatic imine (C=N–C) groups is 2. The van der Waals surface area contributed by atoms with Gasteiger partial charge in [-0.15, -0.1) is 0 Å². The van der Waals surface area contributed by atoms with Crippen LogP contribution in [-0.2, 0) is 27.5 Å². The second-order valence-corrected chi connectivity index (χ2v) is 9.58. The van der Waals surface area contributed by atoms with Gasteiger partial charge < -0.3 is 15.1 Å². The van der Waals surface area contributed by atoms with Gasteiger partial charge in [-0.05, 0) is 48.4 Å². The van der Waals surface area contributed by atoms with E-state index in [-0.39, 0.29) is 55.2 Å². The van der Waals surface area contributed by atoms with Gasteiger partial charge in [0.15, 0.2) is 5.17 Å². The van der Waals surface area contributed by atoms with E-state index in [0.717, 1.165) is 22.9 Å². The number of furan rings is 1. The summed E-state index contributed by atoms with van der Waals surface area (Å²) in [6.07, 6.45) is 1.85. The highest BCUT2D eigenvalue weighted by atomic mass is 32.2. The molecule has 2 aliphatic heterocycles. The van der Waals surface area contributed by atoms with Gasteiger partial charge in [-0.25, -0.2) is 14.3 Å². The number of fused-ring (bicyclic) bond motifs is 3. The molecule has 0 bridgehead atoms. The summed E-state index contributed by atoms with van der Waals surface area (Å²) in [5.74, 6) is 0.0684. The summed E-state index contributed by atoms with van der Waals surface area (Å²) in [6, 6.07) is 16.0. The number of carbonyl (C=O) groups is 3. The number of benzene rings is 2.